The van der Waals surface area contributed by atoms with E-state index in [0.717, 1.165) is 61.0 Å². The van der Waals surface area contributed by atoms with Gasteiger partial charge in [-0.15, -0.1) is 11.8 Å². The molecule has 8 rings (SSSR count). The standard InChI is InChI=1S/C53H58ClF4N7O6S3/c1-4-61-23-25-62(26-24-61)22-21-42(35-72-45-9-7-6-8-10-45)59-47-20-19-46(34-48(47)73(68,69)53(56,57)58)74(70,71)60-41-15-17-43(18-16-41)63-27-29-64(30-28-63)44-32-38(31-40(55)33-44)50-49(52(66)67)36(3)65(5-2)51(50)37-11-13-39(54)14-12-37/h6-20,31-34,42,59-60H,4-5,21-30,35H2,1-3H3,(H,66,67)/t42-/m1/s1. The number of carbonyl (C=O) groups is 1. The van der Waals surface area contributed by atoms with Crippen LogP contribution in [0.3, 0.4) is 0 Å². The number of nitrogens with zero attached hydrogens (tertiary/aromatic N) is 5. The van der Waals surface area contributed by atoms with E-state index in [1.807, 2.05) is 58.9 Å². The Morgan fingerprint density at radius 1 is 0.757 bits per heavy atom. The Morgan fingerprint density at radius 2 is 1.39 bits per heavy atom. The first-order chi connectivity index (χ1) is 35.3. The van der Waals surface area contributed by atoms with Crippen molar-refractivity contribution < 1.29 is 44.3 Å². The minimum Gasteiger partial charge on any atom is -0.478 e. The van der Waals surface area contributed by atoms with Gasteiger partial charge in [-0.05, 0) is 123 Å². The van der Waals surface area contributed by atoms with Crippen LogP contribution in [0.4, 0.5) is 40.3 Å². The number of alkyl halides is 3. The molecule has 0 unspecified atom stereocenters. The predicted octanol–water partition coefficient (Wildman–Crippen LogP) is 10.7. The van der Waals surface area contributed by atoms with E-state index in [1.165, 1.54) is 36.0 Å². The number of carboxylic acids is 1. The van der Waals surface area contributed by atoms with Crippen molar-refractivity contribution in [3.63, 3.8) is 0 Å². The van der Waals surface area contributed by atoms with Crippen LogP contribution in [0.5, 0.6) is 0 Å². The maximum absolute atomic E-state index is 15.6. The van der Waals surface area contributed by atoms with E-state index in [1.54, 1.807) is 37.3 Å². The van der Waals surface area contributed by atoms with Crippen molar-refractivity contribution in [3.8, 4) is 22.4 Å². The average molecular weight is 1100 g/mol. The summed E-state index contributed by atoms with van der Waals surface area (Å²) in [5.74, 6) is -1.27. The molecule has 0 radical (unpaired) electrons. The summed E-state index contributed by atoms with van der Waals surface area (Å²) in [5, 5.41) is 14.0. The molecule has 0 bridgehead atoms. The number of halogens is 5. The highest BCUT2D eigenvalue weighted by Gasteiger charge is 2.48. The van der Waals surface area contributed by atoms with E-state index in [9.17, 15) is 39.9 Å². The molecule has 1 atom stereocenters. The number of nitrogens with one attached hydrogen (secondary N) is 2. The predicted molar refractivity (Wildman–Crippen MR) is 287 cm³/mol. The lowest BCUT2D eigenvalue weighted by molar-refractivity contribution is -0.0436. The quantitative estimate of drug-likeness (QED) is 0.0524. The monoisotopic (exact) mass is 1100 g/mol. The topological polar surface area (TPSA) is 148 Å². The normalized spacial score (nSPS) is 15.6. The van der Waals surface area contributed by atoms with Crippen molar-refractivity contribution in [1.82, 2.24) is 14.4 Å². The Labute approximate surface area is 439 Å². The largest absolute Gasteiger partial charge is 0.501 e. The van der Waals surface area contributed by atoms with Gasteiger partial charge in [-0.1, -0.05) is 48.9 Å². The van der Waals surface area contributed by atoms with Crippen molar-refractivity contribution >= 4 is 71.9 Å². The molecule has 3 heterocycles. The summed E-state index contributed by atoms with van der Waals surface area (Å²) in [5.41, 5.74) is -1.89. The zero-order valence-corrected chi connectivity index (χ0v) is 44.3. The lowest BCUT2D eigenvalue weighted by Crippen LogP contribution is -2.47. The Bertz CT molecular complexity index is 3170. The second-order valence-electron chi connectivity index (χ2n) is 18.2. The Morgan fingerprint density at radius 3 is 2.00 bits per heavy atom. The number of hydrogen-bond acceptors (Lipinski definition) is 11. The fourth-order valence-electron chi connectivity index (χ4n) is 9.60. The first kappa shape index (κ1) is 54.5. The molecule has 21 heteroatoms. The average Bonchev–Trinajstić information content (AvgIpc) is 3.69. The van der Waals surface area contributed by atoms with Crippen LogP contribution in [-0.4, -0.2) is 125 Å². The molecule has 0 spiro atoms. The van der Waals surface area contributed by atoms with Crippen molar-refractivity contribution in [2.45, 2.75) is 60.0 Å². The molecule has 0 aliphatic carbocycles. The van der Waals surface area contributed by atoms with Crippen molar-refractivity contribution in [1.29, 1.82) is 0 Å². The van der Waals surface area contributed by atoms with Crippen LogP contribution < -0.4 is 19.8 Å². The van der Waals surface area contributed by atoms with Crippen LogP contribution >= 0.6 is 23.4 Å². The van der Waals surface area contributed by atoms with E-state index < -0.39 is 53.0 Å². The smallest absolute Gasteiger partial charge is 0.478 e. The molecule has 6 aromatic rings. The Balaban J connectivity index is 0.972. The molecule has 2 aliphatic heterocycles. The zero-order chi connectivity index (χ0) is 53.0. The second kappa shape index (κ2) is 23.0. The number of rotatable bonds is 19. The summed E-state index contributed by atoms with van der Waals surface area (Å²) in [6.45, 7) is 13.1. The van der Waals surface area contributed by atoms with E-state index in [4.69, 9.17) is 11.6 Å². The number of hydrogen-bond donors (Lipinski definition) is 3. The summed E-state index contributed by atoms with van der Waals surface area (Å²) in [4.78, 5) is 20.5. The molecule has 2 aliphatic rings. The molecule has 3 N–H and O–H groups in total. The highest BCUT2D eigenvalue weighted by atomic mass is 35.5. The highest BCUT2D eigenvalue weighted by Crippen LogP contribution is 2.42. The minimum absolute atomic E-state index is 0.0780. The van der Waals surface area contributed by atoms with Crippen LogP contribution in [0.15, 0.2) is 130 Å². The van der Waals surface area contributed by atoms with Crippen molar-refractivity contribution in [2.24, 2.45) is 0 Å². The van der Waals surface area contributed by atoms with Gasteiger partial charge in [-0.3, -0.25) is 4.72 Å². The molecule has 2 fully saturated rings. The van der Waals surface area contributed by atoms with Gasteiger partial charge in [0.2, 0.25) is 0 Å². The van der Waals surface area contributed by atoms with E-state index in [2.05, 4.69) is 31.7 Å². The van der Waals surface area contributed by atoms with Gasteiger partial charge in [0.15, 0.2) is 0 Å². The summed E-state index contributed by atoms with van der Waals surface area (Å²) < 4.78 is 117. The van der Waals surface area contributed by atoms with Crippen molar-refractivity contribution in [2.75, 3.05) is 91.0 Å². The number of aromatic nitrogens is 1. The van der Waals surface area contributed by atoms with Crippen LogP contribution in [0, 0.1) is 12.7 Å². The maximum atomic E-state index is 15.6. The van der Waals surface area contributed by atoms with E-state index in [-0.39, 0.29) is 16.9 Å². The maximum Gasteiger partial charge on any atom is 0.501 e. The lowest BCUT2D eigenvalue weighted by Gasteiger charge is -2.37. The van der Waals surface area contributed by atoms with Gasteiger partial charge in [0, 0.05) is 115 Å². The number of benzene rings is 5. The molecule has 0 amide bonds. The summed E-state index contributed by atoms with van der Waals surface area (Å²) in [7, 11) is -10.6. The third-order valence-electron chi connectivity index (χ3n) is 13.6. The van der Waals surface area contributed by atoms with Gasteiger partial charge in [0.25, 0.3) is 19.9 Å². The van der Waals surface area contributed by atoms with Gasteiger partial charge >= 0.3 is 11.5 Å². The molecule has 394 valence electrons. The molecule has 74 heavy (non-hydrogen) atoms. The van der Waals surface area contributed by atoms with E-state index >= 15 is 4.39 Å². The van der Waals surface area contributed by atoms with Gasteiger partial charge in [0.1, 0.15) is 10.7 Å². The highest BCUT2D eigenvalue weighted by molar-refractivity contribution is 7.99. The molecule has 5 aromatic carbocycles. The first-order valence-electron chi connectivity index (χ1n) is 24.3. The van der Waals surface area contributed by atoms with Crippen LogP contribution in [-0.2, 0) is 26.4 Å². The Hall–Kier alpha value is -5.77. The fourth-order valence-corrected chi connectivity index (χ4v) is 12.8. The number of sulfonamides is 1. The molecular weight excluding hydrogens is 1040 g/mol. The third-order valence-corrected chi connectivity index (χ3v) is 17.9. The number of sulfone groups is 1. The molecule has 1 aromatic heterocycles. The van der Waals surface area contributed by atoms with Gasteiger partial charge in [0.05, 0.1) is 21.8 Å². The molecule has 0 saturated carbocycles. The zero-order valence-electron chi connectivity index (χ0n) is 41.1. The molecule has 2 saturated heterocycles. The van der Waals surface area contributed by atoms with E-state index in [0.29, 0.717) is 90.7 Å². The number of thioether (sulfide) groups is 1. The van der Waals surface area contributed by atoms with Gasteiger partial charge in [-0.25, -0.2) is 26.0 Å². The summed E-state index contributed by atoms with van der Waals surface area (Å²) in [6, 6.07) is 29.7. The molecule has 13 nitrogen and oxygen atoms in total. The van der Waals surface area contributed by atoms with Crippen LogP contribution in [0.1, 0.15) is 36.3 Å². The third kappa shape index (κ3) is 12.3. The number of carboxylic acid groups (broad SMARTS) is 1. The number of aromatic carboxylic acids is 1. The van der Waals surface area contributed by atoms with Crippen molar-refractivity contribution in [3.05, 3.63) is 137 Å². The van der Waals surface area contributed by atoms with Gasteiger partial charge in [-0.2, -0.15) is 13.2 Å². The second-order valence-corrected chi connectivity index (χ2v) is 23.3. The summed E-state index contributed by atoms with van der Waals surface area (Å²) >= 11 is 7.67. The summed E-state index contributed by atoms with van der Waals surface area (Å²) in [6.07, 6.45) is 0.483. The lowest BCUT2D eigenvalue weighted by atomic mass is 9.96. The van der Waals surface area contributed by atoms with Crippen LogP contribution in [0.2, 0.25) is 5.02 Å². The number of anilines is 4. The van der Waals surface area contributed by atoms with Gasteiger partial charge < -0.3 is 34.6 Å². The fraction of sp³-hybridized carbons (Fsp3) is 0.340. The van der Waals surface area contributed by atoms with Crippen LogP contribution in [0.25, 0.3) is 22.4 Å². The first-order valence-corrected chi connectivity index (χ1v) is 28.6. The SMILES string of the molecule is CCN1CCN(CC[C@H](CSc2ccccc2)Nc2ccc(S(=O)(=O)Nc3ccc(N4CCN(c5cc(F)cc(-c6c(C(=O)O)c(C)n(CC)c6-c6ccc(Cl)cc6)c5)CC4)cc3)cc2S(=O)(=O)C(F)(F)F)CC1. The molecular formula is C53H58ClF4N7O6S3. The Kier molecular flexibility index (Phi) is 16.9. The minimum atomic E-state index is -6.03. The number of likely N-dealkylation sites (N-methyl/N-ethyl adjacent to an activating group) is 1. The number of piperazine rings is 2.